The van der Waals surface area contributed by atoms with E-state index in [1.165, 1.54) is 6.26 Å². The number of rotatable bonds is 7. The average Bonchev–Trinajstić information content (AvgIpc) is 2.67. The Bertz CT molecular complexity index is 944. The molecule has 5 heteroatoms. The van der Waals surface area contributed by atoms with Crippen molar-refractivity contribution >= 4 is 16.9 Å². The summed E-state index contributed by atoms with van der Waals surface area (Å²) in [6.45, 7) is 2.24. The molecule has 0 aliphatic heterocycles. The summed E-state index contributed by atoms with van der Waals surface area (Å²) < 4.78 is 16.1. The van der Waals surface area contributed by atoms with Gasteiger partial charge in [0, 0.05) is 6.07 Å². The fourth-order valence-electron chi connectivity index (χ4n) is 2.53. The van der Waals surface area contributed by atoms with Gasteiger partial charge in [-0.3, -0.25) is 4.79 Å². The van der Waals surface area contributed by atoms with E-state index in [0.717, 1.165) is 18.4 Å². The van der Waals surface area contributed by atoms with Gasteiger partial charge in [0.1, 0.15) is 17.6 Å². The Morgan fingerprint density at radius 3 is 2.69 bits per heavy atom. The lowest BCUT2D eigenvalue weighted by atomic mass is 10.1. The Balaban J connectivity index is 1.76. The highest BCUT2D eigenvalue weighted by molar-refractivity contribution is 5.82. The molecule has 0 saturated carbocycles. The summed E-state index contributed by atoms with van der Waals surface area (Å²) in [5.74, 6) is 0.0278. The zero-order valence-electron chi connectivity index (χ0n) is 14.6. The Labute approximate surface area is 151 Å². The van der Waals surface area contributed by atoms with E-state index in [9.17, 15) is 9.59 Å². The highest BCUT2D eigenvalue weighted by Gasteiger charge is 2.11. The number of carbonyl (C=O) groups excluding carboxylic acids is 1. The molecule has 0 radical (unpaired) electrons. The normalized spacial score (nSPS) is 10.7. The third-order valence-electron chi connectivity index (χ3n) is 3.95. The van der Waals surface area contributed by atoms with Crippen LogP contribution in [0, 0.1) is 0 Å². The number of benzene rings is 2. The van der Waals surface area contributed by atoms with Gasteiger partial charge in [0.25, 0.3) is 0 Å². The van der Waals surface area contributed by atoms with Crippen LogP contribution in [0.1, 0.15) is 19.8 Å². The summed E-state index contributed by atoms with van der Waals surface area (Å²) in [5, 5.41) is 0.462. The van der Waals surface area contributed by atoms with Crippen molar-refractivity contribution in [1.29, 1.82) is 0 Å². The van der Waals surface area contributed by atoms with Crippen molar-refractivity contribution in [3.05, 3.63) is 65.0 Å². The molecule has 0 amide bonds. The molecule has 1 aromatic heterocycles. The maximum atomic E-state index is 12.7. The van der Waals surface area contributed by atoms with Crippen LogP contribution >= 0.6 is 0 Å². The SMILES string of the molecule is CCCCOC(=O)COc1ccc2c(=O)c(-c3ccccc3)coc2c1. The summed E-state index contributed by atoms with van der Waals surface area (Å²) in [4.78, 5) is 24.3. The minimum absolute atomic E-state index is 0.108. The first kappa shape index (κ1) is 17.7. The molecule has 26 heavy (non-hydrogen) atoms. The van der Waals surface area contributed by atoms with Crippen molar-refractivity contribution in [3.63, 3.8) is 0 Å². The van der Waals surface area contributed by atoms with E-state index < -0.39 is 5.97 Å². The molecule has 0 atom stereocenters. The Morgan fingerprint density at radius 1 is 1.12 bits per heavy atom. The summed E-state index contributed by atoms with van der Waals surface area (Å²) in [6, 6.07) is 14.2. The molecule has 0 unspecified atom stereocenters. The van der Waals surface area contributed by atoms with Gasteiger partial charge in [-0.15, -0.1) is 0 Å². The van der Waals surface area contributed by atoms with Crippen molar-refractivity contribution in [1.82, 2.24) is 0 Å². The molecule has 0 saturated heterocycles. The second kappa shape index (κ2) is 8.34. The number of hydrogen-bond donors (Lipinski definition) is 0. The Hall–Kier alpha value is -3.08. The predicted octanol–water partition coefficient (Wildman–Crippen LogP) is 4.18. The third-order valence-corrected chi connectivity index (χ3v) is 3.95. The van der Waals surface area contributed by atoms with Gasteiger partial charge in [0.2, 0.25) is 0 Å². The van der Waals surface area contributed by atoms with Crippen molar-refractivity contribution in [2.75, 3.05) is 13.2 Å². The first-order valence-electron chi connectivity index (χ1n) is 8.58. The molecular formula is C21H20O5. The van der Waals surface area contributed by atoms with Crippen LogP contribution in [0.4, 0.5) is 0 Å². The highest BCUT2D eigenvalue weighted by atomic mass is 16.6. The molecule has 0 bridgehead atoms. The predicted molar refractivity (Wildman–Crippen MR) is 99.3 cm³/mol. The van der Waals surface area contributed by atoms with Crippen LogP contribution in [-0.4, -0.2) is 19.2 Å². The summed E-state index contributed by atoms with van der Waals surface area (Å²) in [5.41, 5.74) is 1.61. The zero-order chi connectivity index (χ0) is 18.4. The van der Waals surface area contributed by atoms with Gasteiger partial charge < -0.3 is 13.9 Å². The fourth-order valence-corrected chi connectivity index (χ4v) is 2.53. The fraction of sp³-hybridized carbons (Fsp3) is 0.238. The lowest BCUT2D eigenvalue weighted by Crippen LogP contribution is -2.15. The topological polar surface area (TPSA) is 65.7 Å². The van der Waals surface area contributed by atoms with Crippen LogP contribution in [-0.2, 0) is 9.53 Å². The lowest BCUT2D eigenvalue weighted by Gasteiger charge is -2.08. The van der Waals surface area contributed by atoms with Crippen LogP contribution in [0.5, 0.6) is 5.75 Å². The van der Waals surface area contributed by atoms with Crippen molar-refractivity contribution in [3.8, 4) is 16.9 Å². The minimum Gasteiger partial charge on any atom is -0.482 e. The van der Waals surface area contributed by atoms with Crippen LogP contribution in [0.15, 0.2) is 64.0 Å². The third kappa shape index (κ3) is 4.11. The standard InChI is InChI=1S/C21H20O5/c1-2-3-11-24-20(22)14-25-16-9-10-17-19(12-16)26-13-18(21(17)23)15-7-5-4-6-8-15/h4-10,12-13H,2-3,11,14H2,1H3. The summed E-state index contributed by atoms with van der Waals surface area (Å²) in [7, 11) is 0. The number of carbonyl (C=O) groups is 1. The monoisotopic (exact) mass is 352 g/mol. The summed E-state index contributed by atoms with van der Waals surface area (Å²) in [6.07, 6.45) is 3.24. The number of esters is 1. The molecule has 0 fully saturated rings. The quantitative estimate of drug-likeness (QED) is 0.471. The van der Waals surface area contributed by atoms with E-state index in [1.807, 2.05) is 37.3 Å². The van der Waals surface area contributed by atoms with Crippen molar-refractivity contribution in [2.45, 2.75) is 19.8 Å². The van der Waals surface area contributed by atoms with E-state index in [4.69, 9.17) is 13.9 Å². The molecule has 0 aliphatic rings. The summed E-state index contributed by atoms with van der Waals surface area (Å²) >= 11 is 0. The number of fused-ring (bicyclic) bond motifs is 1. The minimum atomic E-state index is -0.417. The van der Waals surface area contributed by atoms with E-state index >= 15 is 0 Å². The molecule has 5 nitrogen and oxygen atoms in total. The Kier molecular flexibility index (Phi) is 5.69. The van der Waals surface area contributed by atoms with E-state index in [-0.39, 0.29) is 12.0 Å². The van der Waals surface area contributed by atoms with Crippen LogP contribution in [0.25, 0.3) is 22.1 Å². The van der Waals surface area contributed by atoms with Crippen LogP contribution in [0.2, 0.25) is 0 Å². The largest absolute Gasteiger partial charge is 0.482 e. The first-order valence-corrected chi connectivity index (χ1v) is 8.58. The average molecular weight is 352 g/mol. The molecule has 0 spiro atoms. The van der Waals surface area contributed by atoms with Gasteiger partial charge in [-0.25, -0.2) is 4.79 Å². The van der Waals surface area contributed by atoms with Crippen LogP contribution < -0.4 is 10.2 Å². The van der Waals surface area contributed by atoms with Crippen molar-refractivity contribution < 1.29 is 18.7 Å². The lowest BCUT2D eigenvalue weighted by molar-refractivity contribution is -0.146. The van der Waals surface area contributed by atoms with Gasteiger partial charge in [-0.2, -0.15) is 0 Å². The molecule has 3 aromatic rings. The van der Waals surface area contributed by atoms with Gasteiger partial charge >= 0.3 is 5.97 Å². The second-order valence-electron chi connectivity index (χ2n) is 5.87. The smallest absolute Gasteiger partial charge is 0.344 e. The molecule has 1 heterocycles. The second-order valence-corrected chi connectivity index (χ2v) is 5.87. The van der Waals surface area contributed by atoms with Gasteiger partial charge in [0.05, 0.1) is 17.6 Å². The molecular weight excluding hydrogens is 332 g/mol. The number of ether oxygens (including phenoxy) is 2. The number of unbranched alkanes of at least 4 members (excludes halogenated alkanes) is 1. The van der Waals surface area contributed by atoms with Gasteiger partial charge in [-0.1, -0.05) is 43.7 Å². The van der Waals surface area contributed by atoms with E-state index in [2.05, 4.69) is 0 Å². The van der Waals surface area contributed by atoms with E-state index in [0.29, 0.717) is 28.9 Å². The maximum Gasteiger partial charge on any atom is 0.344 e. The molecule has 0 N–H and O–H groups in total. The molecule has 3 rings (SSSR count). The van der Waals surface area contributed by atoms with Gasteiger partial charge in [0.15, 0.2) is 12.0 Å². The number of hydrogen-bond acceptors (Lipinski definition) is 5. The van der Waals surface area contributed by atoms with Crippen LogP contribution in [0.3, 0.4) is 0 Å². The first-order chi connectivity index (χ1) is 12.7. The van der Waals surface area contributed by atoms with Gasteiger partial charge in [-0.05, 0) is 24.1 Å². The molecule has 0 aliphatic carbocycles. The van der Waals surface area contributed by atoms with Crippen molar-refractivity contribution in [2.24, 2.45) is 0 Å². The Morgan fingerprint density at radius 2 is 1.92 bits per heavy atom. The highest BCUT2D eigenvalue weighted by Crippen LogP contribution is 2.23. The molecule has 2 aromatic carbocycles. The maximum absolute atomic E-state index is 12.7. The molecule has 134 valence electrons. The zero-order valence-corrected chi connectivity index (χ0v) is 14.6. The van der Waals surface area contributed by atoms with E-state index in [1.54, 1.807) is 18.2 Å².